The zero-order chi connectivity index (χ0) is 10.7. The number of hydrogen-bond donors (Lipinski definition) is 0. The molecular formula is C5H8B10. The van der Waals surface area contributed by atoms with Crippen molar-refractivity contribution in [3.05, 3.63) is 0 Å². The molecule has 58 valence electrons. The predicted molar refractivity (Wildman–Crippen MR) is 78.8 cm³/mol. The van der Waals surface area contributed by atoms with Gasteiger partial charge in [0.25, 0.3) is 0 Å². The Morgan fingerprint density at radius 2 is 1.47 bits per heavy atom. The molecule has 2 rings (SSSR count). The third-order valence-electron chi connectivity index (χ3n) is 3.31. The summed E-state index contributed by atoms with van der Waals surface area (Å²) in [5, 5.41) is 0.305. The highest BCUT2D eigenvalue weighted by Crippen LogP contribution is 2.59. The maximum absolute atomic E-state index is 2.43. The Morgan fingerprint density at radius 1 is 0.867 bits per heavy atom. The van der Waals surface area contributed by atoms with E-state index in [1.54, 1.807) is 0 Å². The molecule has 15 heavy (non-hydrogen) atoms. The van der Waals surface area contributed by atoms with Crippen molar-refractivity contribution in [1.82, 2.24) is 0 Å². The fourth-order valence-electron chi connectivity index (χ4n) is 2.15. The van der Waals surface area contributed by atoms with Crippen LogP contribution in [-0.2, 0) is 0 Å². The molecule has 2 heterocycles. The molecule has 0 bridgehead atoms. The van der Waals surface area contributed by atoms with Crippen LogP contribution in [0.4, 0.5) is 0 Å². The molecule has 0 unspecified atom stereocenters. The summed E-state index contributed by atoms with van der Waals surface area (Å²) in [5.74, 6) is 0.672. The molecule has 0 amide bonds. The van der Waals surface area contributed by atoms with Crippen LogP contribution in [0.2, 0.25) is 10.9 Å². The molecule has 0 N–H and O–H groups in total. The van der Waals surface area contributed by atoms with Crippen LogP contribution in [0.25, 0.3) is 0 Å². The summed E-state index contributed by atoms with van der Waals surface area (Å²) in [4.78, 5) is 0. The van der Waals surface area contributed by atoms with Crippen molar-refractivity contribution in [2.45, 2.75) is 24.8 Å². The summed E-state index contributed by atoms with van der Waals surface area (Å²) in [6.07, 6.45) is 0. The Hall–Kier alpha value is 0.649. The van der Waals surface area contributed by atoms with Gasteiger partial charge in [-0.3, -0.25) is 0 Å². The van der Waals surface area contributed by atoms with Crippen molar-refractivity contribution >= 4 is 71.0 Å². The van der Waals surface area contributed by atoms with Gasteiger partial charge in [0.2, 0.25) is 0 Å². The van der Waals surface area contributed by atoms with Crippen molar-refractivity contribution in [3.8, 4) is 0 Å². The largest absolute Gasteiger partial charge is 0.112 e. The van der Waals surface area contributed by atoms with Crippen LogP contribution in [-0.4, -0.2) is 71.0 Å². The third kappa shape index (κ3) is 2.86. The van der Waals surface area contributed by atoms with Gasteiger partial charge in [-0.25, -0.2) is 0 Å². The number of rotatable bonds is 1. The lowest BCUT2D eigenvalue weighted by atomic mass is 8.89. The molecule has 0 aromatic rings. The van der Waals surface area contributed by atoms with Crippen molar-refractivity contribution in [3.63, 3.8) is 0 Å². The first-order valence-corrected chi connectivity index (χ1v) is 5.64. The normalized spacial score (nSPS) is 32.9. The summed E-state index contributed by atoms with van der Waals surface area (Å²) < 4.78 is 0. The van der Waals surface area contributed by atoms with Gasteiger partial charge < -0.3 is 0 Å². The fraction of sp³-hybridized carbons (Fsp3) is 1.00. The average molecular weight is 176 g/mol. The molecule has 0 saturated carbocycles. The highest BCUT2D eigenvalue weighted by molar-refractivity contribution is 7.68. The van der Waals surface area contributed by atoms with Gasteiger partial charge >= 0.3 is 0 Å². The molecule has 0 nitrogen and oxygen atoms in total. The topological polar surface area (TPSA) is 0 Å². The first-order chi connectivity index (χ1) is 7.26. The Morgan fingerprint density at radius 3 is 2.13 bits per heavy atom. The summed E-state index contributed by atoms with van der Waals surface area (Å²) >= 11 is 0. The summed E-state index contributed by atoms with van der Waals surface area (Å²) in [5.41, 5.74) is 0.616. The van der Waals surface area contributed by atoms with Gasteiger partial charge in [0.15, 0.2) is 0 Å². The standard InChI is InChI=1S/C5H8B10/c1-3(2)5-4(6-5)7-9-11-13-15-14-12-10-8-5/h3-4H,1-2H3/t4-,5-/m0/s1. The van der Waals surface area contributed by atoms with E-state index in [4.69, 9.17) is 0 Å². The molecule has 0 aliphatic carbocycles. The van der Waals surface area contributed by atoms with Crippen LogP contribution in [0, 0.1) is 5.92 Å². The highest BCUT2D eigenvalue weighted by atomic mass is 14.3. The van der Waals surface area contributed by atoms with E-state index in [0.717, 1.165) is 0 Å². The van der Waals surface area contributed by atoms with E-state index >= 15 is 0 Å². The first kappa shape index (κ1) is 12.1. The molecular weight excluding hydrogens is 168 g/mol. The molecule has 0 aromatic heterocycles. The van der Waals surface area contributed by atoms with Crippen molar-refractivity contribution in [1.29, 1.82) is 0 Å². The quantitative estimate of drug-likeness (QED) is 0.401. The Balaban J connectivity index is 1.89. The van der Waals surface area contributed by atoms with E-state index in [2.05, 4.69) is 84.9 Å². The Kier molecular flexibility index (Phi) is 4.30. The first-order valence-electron chi connectivity index (χ1n) is 5.64. The molecule has 0 aromatic carbocycles. The van der Waals surface area contributed by atoms with Crippen LogP contribution in [0.3, 0.4) is 0 Å². The van der Waals surface area contributed by atoms with Crippen LogP contribution >= 0.6 is 0 Å². The van der Waals surface area contributed by atoms with Gasteiger partial charge in [0, 0.05) is 56.6 Å². The maximum Gasteiger partial charge on any atom is 0.0983 e. The molecule has 10 heteroatoms. The lowest BCUT2D eigenvalue weighted by Gasteiger charge is -2.23. The Bertz CT molecular complexity index is 208. The van der Waals surface area contributed by atoms with Gasteiger partial charge in [-0.15, -0.1) is 10.9 Å². The highest BCUT2D eigenvalue weighted by Gasteiger charge is 2.53. The lowest BCUT2D eigenvalue weighted by Crippen LogP contribution is -2.31. The predicted octanol–water partition coefficient (Wildman–Crippen LogP) is -2.11. The zero-order valence-corrected chi connectivity index (χ0v) is 9.43. The molecule has 2 fully saturated rings. The summed E-state index contributed by atoms with van der Waals surface area (Å²) in [6.45, 7) is 4.58. The van der Waals surface area contributed by atoms with Crippen LogP contribution in [0.1, 0.15) is 13.8 Å². The van der Waals surface area contributed by atoms with Gasteiger partial charge in [-0.05, 0) is 0 Å². The van der Waals surface area contributed by atoms with Crippen LogP contribution < -0.4 is 0 Å². The molecule has 2 aliphatic heterocycles. The molecule has 2 aliphatic rings. The SMILES string of the molecule is CC(C)[C@]12[B][B][B][B][B][B][B][B][B][C@@H]1[B]2. The van der Waals surface area contributed by atoms with Gasteiger partial charge in [-0.2, -0.15) is 0 Å². The second-order valence-corrected chi connectivity index (χ2v) is 4.55. The van der Waals surface area contributed by atoms with Crippen LogP contribution in [0.5, 0.6) is 0 Å². The maximum atomic E-state index is 2.43. The zero-order valence-electron chi connectivity index (χ0n) is 9.43. The van der Waals surface area contributed by atoms with Crippen molar-refractivity contribution < 1.29 is 0 Å². The minimum absolute atomic E-state index is 0.305. The van der Waals surface area contributed by atoms with Crippen LogP contribution in [0.15, 0.2) is 0 Å². The number of hydrogen-bond acceptors (Lipinski definition) is 0. The summed E-state index contributed by atoms with van der Waals surface area (Å²) in [6, 6.07) is 0. The smallest absolute Gasteiger partial charge is 0.0983 e. The molecule has 2 atom stereocenters. The fourth-order valence-corrected chi connectivity index (χ4v) is 2.15. The average Bonchev–Trinajstić information content (AvgIpc) is 2.89. The lowest BCUT2D eigenvalue weighted by molar-refractivity contribution is 0.610. The monoisotopic (exact) mass is 178 g/mol. The molecule has 10 radical (unpaired) electrons. The second kappa shape index (κ2) is 5.32. The van der Waals surface area contributed by atoms with Crippen molar-refractivity contribution in [2.24, 2.45) is 5.92 Å². The van der Waals surface area contributed by atoms with E-state index in [-0.39, 0.29) is 0 Å². The minimum atomic E-state index is 0.305. The minimum Gasteiger partial charge on any atom is -0.112 e. The van der Waals surface area contributed by atoms with Gasteiger partial charge in [0.05, 0.1) is 14.4 Å². The van der Waals surface area contributed by atoms with E-state index < -0.39 is 0 Å². The number of fused-ring (bicyclic) bond motifs is 1. The van der Waals surface area contributed by atoms with Crippen molar-refractivity contribution in [2.75, 3.05) is 0 Å². The van der Waals surface area contributed by atoms with Gasteiger partial charge in [0.1, 0.15) is 0 Å². The van der Waals surface area contributed by atoms with E-state index in [9.17, 15) is 0 Å². The molecule has 2 saturated heterocycles. The second-order valence-electron chi connectivity index (χ2n) is 4.55. The Labute approximate surface area is 102 Å². The molecule has 0 spiro atoms. The van der Waals surface area contributed by atoms with E-state index in [1.165, 1.54) is 0 Å². The van der Waals surface area contributed by atoms with Gasteiger partial charge in [-0.1, -0.05) is 19.8 Å². The van der Waals surface area contributed by atoms with E-state index in [0.29, 0.717) is 16.8 Å². The summed E-state index contributed by atoms with van der Waals surface area (Å²) in [7, 11) is 21.7. The van der Waals surface area contributed by atoms with E-state index in [1.807, 2.05) is 0 Å². The third-order valence-corrected chi connectivity index (χ3v) is 3.31.